The molecule has 1 saturated heterocycles. The fourth-order valence-electron chi connectivity index (χ4n) is 2.55. The zero-order valence-electron chi connectivity index (χ0n) is 11.7. The third-order valence-corrected chi connectivity index (χ3v) is 3.76. The normalized spacial score (nSPS) is 21.6. The number of hydrogen-bond acceptors (Lipinski definition) is 6. The summed E-state index contributed by atoms with van der Waals surface area (Å²) >= 11 is 0. The highest BCUT2D eigenvalue weighted by molar-refractivity contribution is 5.90. The summed E-state index contributed by atoms with van der Waals surface area (Å²) in [6.45, 7) is 3.44. The Hall–Kier alpha value is -2.28. The third kappa shape index (κ3) is 2.78. The van der Waals surface area contributed by atoms with Crippen molar-refractivity contribution >= 4 is 22.4 Å². The van der Waals surface area contributed by atoms with E-state index in [2.05, 4.69) is 22.2 Å². The summed E-state index contributed by atoms with van der Waals surface area (Å²) in [6.07, 6.45) is 3.49. The summed E-state index contributed by atoms with van der Waals surface area (Å²) in [5, 5.41) is 14.8. The van der Waals surface area contributed by atoms with E-state index in [0.29, 0.717) is 23.3 Å². The van der Waals surface area contributed by atoms with Crippen LogP contribution in [0.1, 0.15) is 19.8 Å². The zero-order chi connectivity index (χ0) is 14.9. The second-order valence-electron chi connectivity index (χ2n) is 5.44. The average molecular weight is 288 g/mol. The van der Waals surface area contributed by atoms with Crippen LogP contribution in [0.2, 0.25) is 0 Å². The fraction of sp³-hybridized carbons (Fsp3) is 0.429. The summed E-state index contributed by atoms with van der Waals surface area (Å²) < 4.78 is 5.72. The number of rotatable bonds is 4. The number of fused-ring (bicyclic) bond motifs is 1. The molecule has 1 aliphatic rings. The minimum absolute atomic E-state index is 0.0312. The Bertz CT molecular complexity index is 683. The number of nitro benzene ring substituents is 1. The maximum atomic E-state index is 10.9. The van der Waals surface area contributed by atoms with Crippen LogP contribution in [-0.4, -0.2) is 33.6 Å². The summed E-state index contributed by atoms with van der Waals surface area (Å²) in [7, 11) is 0. The van der Waals surface area contributed by atoms with Gasteiger partial charge in [-0.2, -0.15) is 0 Å². The van der Waals surface area contributed by atoms with E-state index in [9.17, 15) is 10.1 Å². The van der Waals surface area contributed by atoms with E-state index >= 15 is 0 Å². The van der Waals surface area contributed by atoms with Gasteiger partial charge < -0.3 is 10.1 Å². The Labute approximate surface area is 121 Å². The van der Waals surface area contributed by atoms with Crippen molar-refractivity contribution in [3.8, 4) is 0 Å². The Kier molecular flexibility index (Phi) is 3.42. The van der Waals surface area contributed by atoms with Crippen LogP contribution in [0.25, 0.3) is 10.9 Å². The van der Waals surface area contributed by atoms with E-state index in [-0.39, 0.29) is 11.3 Å². The van der Waals surface area contributed by atoms with Crippen LogP contribution < -0.4 is 5.32 Å². The van der Waals surface area contributed by atoms with Gasteiger partial charge in [-0.25, -0.2) is 9.97 Å². The number of nitrogens with zero attached hydrogens (tertiary/aromatic N) is 3. The predicted octanol–water partition coefficient (Wildman–Crippen LogP) is 2.52. The highest BCUT2D eigenvalue weighted by Crippen LogP contribution is 2.28. The topological polar surface area (TPSA) is 90.2 Å². The molecule has 0 spiro atoms. The molecule has 1 aromatic heterocycles. The van der Waals surface area contributed by atoms with Crippen LogP contribution in [0.3, 0.4) is 0 Å². The van der Waals surface area contributed by atoms with Crippen molar-refractivity contribution in [2.45, 2.75) is 25.4 Å². The molecular formula is C14H16N4O3. The molecule has 110 valence electrons. The van der Waals surface area contributed by atoms with Crippen LogP contribution in [0.4, 0.5) is 11.5 Å². The molecule has 21 heavy (non-hydrogen) atoms. The molecule has 2 heterocycles. The highest BCUT2D eigenvalue weighted by Gasteiger charge is 2.29. The van der Waals surface area contributed by atoms with E-state index in [4.69, 9.17) is 4.74 Å². The number of nitrogens with one attached hydrogen (secondary N) is 1. The molecule has 3 rings (SSSR count). The minimum Gasteiger partial charge on any atom is -0.373 e. The van der Waals surface area contributed by atoms with Gasteiger partial charge in [0.15, 0.2) is 0 Å². The minimum atomic E-state index is -0.419. The van der Waals surface area contributed by atoms with Crippen molar-refractivity contribution in [2.75, 3.05) is 18.5 Å². The second kappa shape index (κ2) is 5.25. The van der Waals surface area contributed by atoms with Crippen molar-refractivity contribution in [3.63, 3.8) is 0 Å². The van der Waals surface area contributed by atoms with Crippen LogP contribution in [0.15, 0.2) is 24.5 Å². The van der Waals surface area contributed by atoms with Gasteiger partial charge in [0, 0.05) is 30.7 Å². The first-order chi connectivity index (χ1) is 10.1. The Morgan fingerprint density at radius 2 is 2.33 bits per heavy atom. The monoisotopic (exact) mass is 288 g/mol. The van der Waals surface area contributed by atoms with Gasteiger partial charge >= 0.3 is 0 Å². The van der Waals surface area contributed by atoms with Gasteiger partial charge in [-0.1, -0.05) is 0 Å². The van der Waals surface area contributed by atoms with Gasteiger partial charge in [0.2, 0.25) is 0 Å². The molecule has 7 nitrogen and oxygen atoms in total. The summed E-state index contributed by atoms with van der Waals surface area (Å²) in [6, 6.07) is 4.57. The van der Waals surface area contributed by atoms with Gasteiger partial charge in [0.1, 0.15) is 12.1 Å². The van der Waals surface area contributed by atoms with Crippen LogP contribution >= 0.6 is 0 Å². The molecular weight excluding hydrogens is 272 g/mol. The maximum Gasteiger partial charge on any atom is 0.270 e. The smallest absolute Gasteiger partial charge is 0.270 e. The van der Waals surface area contributed by atoms with Gasteiger partial charge in [-0.15, -0.1) is 0 Å². The fourth-order valence-corrected chi connectivity index (χ4v) is 2.55. The Morgan fingerprint density at radius 1 is 1.48 bits per heavy atom. The molecule has 0 saturated carbocycles. The standard InChI is InChI=1S/C14H16N4O3/c1-14(5-2-6-21-14)8-15-13-11-7-10(18(19)20)3-4-12(11)16-9-17-13/h3-4,7,9H,2,5-6,8H2,1H3,(H,15,16,17). The molecule has 2 aromatic rings. The molecule has 0 aliphatic carbocycles. The molecule has 1 atom stereocenters. The number of nitro groups is 1. The maximum absolute atomic E-state index is 10.9. The van der Waals surface area contributed by atoms with Crippen molar-refractivity contribution in [1.82, 2.24) is 9.97 Å². The molecule has 1 aromatic carbocycles. The predicted molar refractivity (Wildman–Crippen MR) is 78.3 cm³/mol. The number of anilines is 1. The van der Waals surface area contributed by atoms with Gasteiger partial charge in [0.05, 0.1) is 16.0 Å². The van der Waals surface area contributed by atoms with Crippen molar-refractivity contribution in [3.05, 3.63) is 34.6 Å². The van der Waals surface area contributed by atoms with Crippen LogP contribution in [0.5, 0.6) is 0 Å². The third-order valence-electron chi connectivity index (χ3n) is 3.76. The van der Waals surface area contributed by atoms with Crippen molar-refractivity contribution in [2.24, 2.45) is 0 Å². The van der Waals surface area contributed by atoms with Gasteiger partial charge in [-0.3, -0.25) is 10.1 Å². The van der Waals surface area contributed by atoms with Crippen molar-refractivity contribution in [1.29, 1.82) is 0 Å². The molecule has 1 N–H and O–H groups in total. The molecule has 0 bridgehead atoms. The highest BCUT2D eigenvalue weighted by atomic mass is 16.6. The number of non-ortho nitro benzene ring substituents is 1. The Morgan fingerprint density at radius 3 is 3.05 bits per heavy atom. The molecule has 0 radical (unpaired) electrons. The summed E-state index contributed by atoms with van der Waals surface area (Å²) in [5.74, 6) is 0.598. The number of benzene rings is 1. The molecule has 1 aliphatic heterocycles. The number of aromatic nitrogens is 2. The number of hydrogen-bond donors (Lipinski definition) is 1. The first-order valence-electron chi connectivity index (χ1n) is 6.84. The van der Waals surface area contributed by atoms with Crippen LogP contribution in [-0.2, 0) is 4.74 Å². The first kappa shape index (κ1) is 13.7. The lowest BCUT2D eigenvalue weighted by molar-refractivity contribution is -0.384. The molecule has 0 amide bonds. The van der Waals surface area contributed by atoms with E-state index in [1.807, 2.05) is 0 Å². The van der Waals surface area contributed by atoms with Crippen LogP contribution in [0, 0.1) is 10.1 Å². The Balaban J connectivity index is 1.90. The van der Waals surface area contributed by atoms with E-state index in [0.717, 1.165) is 19.4 Å². The quantitative estimate of drug-likeness (QED) is 0.686. The summed E-state index contributed by atoms with van der Waals surface area (Å²) in [4.78, 5) is 18.8. The van der Waals surface area contributed by atoms with Gasteiger partial charge in [0.25, 0.3) is 5.69 Å². The van der Waals surface area contributed by atoms with Crippen molar-refractivity contribution < 1.29 is 9.66 Å². The largest absolute Gasteiger partial charge is 0.373 e. The van der Waals surface area contributed by atoms with Gasteiger partial charge in [-0.05, 0) is 25.8 Å². The van der Waals surface area contributed by atoms with E-state index in [1.165, 1.54) is 18.5 Å². The molecule has 7 heteroatoms. The first-order valence-corrected chi connectivity index (χ1v) is 6.84. The molecule has 1 unspecified atom stereocenters. The van der Waals surface area contributed by atoms with E-state index < -0.39 is 4.92 Å². The lowest BCUT2D eigenvalue weighted by Gasteiger charge is -2.23. The SMILES string of the molecule is CC1(CNc2ncnc3ccc([N+](=O)[O-])cc23)CCCO1. The lowest BCUT2D eigenvalue weighted by Crippen LogP contribution is -2.32. The zero-order valence-corrected chi connectivity index (χ0v) is 11.7. The summed E-state index contributed by atoms with van der Waals surface area (Å²) in [5.41, 5.74) is 0.497. The van der Waals surface area contributed by atoms with E-state index in [1.54, 1.807) is 6.07 Å². The molecule has 1 fully saturated rings. The number of ether oxygens (including phenoxy) is 1. The second-order valence-corrected chi connectivity index (χ2v) is 5.44. The lowest BCUT2D eigenvalue weighted by atomic mass is 10.0. The average Bonchev–Trinajstić information content (AvgIpc) is 2.91.